The molecule has 2 aromatic rings. The third-order valence-electron chi connectivity index (χ3n) is 5.30. The summed E-state index contributed by atoms with van der Waals surface area (Å²) >= 11 is 0. The molecule has 0 saturated heterocycles. The van der Waals surface area contributed by atoms with Crippen molar-refractivity contribution < 1.29 is 24.0 Å². The molecule has 2 unspecified atom stereocenters. The van der Waals surface area contributed by atoms with E-state index in [0.717, 1.165) is 29.0 Å². The Morgan fingerprint density at radius 2 is 1.47 bits per heavy atom. The number of rotatable bonds is 12. The predicted octanol–water partition coefficient (Wildman–Crippen LogP) is 5.84. The summed E-state index contributed by atoms with van der Waals surface area (Å²) in [7, 11) is 0. The smallest absolute Gasteiger partial charge is 0.342 e. The normalized spacial score (nSPS) is 13.9. The van der Waals surface area contributed by atoms with E-state index in [2.05, 4.69) is 45.0 Å². The second-order valence-corrected chi connectivity index (χ2v) is 7.51. The Hall–Kier alpha value is -2.53. The number of benzene rings is 2. The van der Waals surface area contributed by atoms with Crippen molar-refractivity contribution in [2.24, 2.45) is 0 Å². The third kappa shape index (κ3) is 6.49. The maximum Gasteiger partial charge on any atom is 0.342 e. The van der Waals surface area contributed by atoms with Gasteiger partial charge in [0, 0.05) is 11.8 Å². The number of hydrogen-bond acceptors (Lipinski definition) is 5. The molecule has 0 aromatic heterocycles. The van der Waals surface area contributed by atoms with E-state index in [1.54, 1.807) is 6.92 Å². The fourth-order valence-electron chi connectivity index (χ4n) is 3.28. The van der Waals surface area contributed by atoms with Crippen LogP contribution in [0.4, 0.5) is 0 Å². The van der Waals surface area contributed by atoms with E-state index in [9.17, 15) is 4.79 Å². The molecule has 2 rings (SSSR count). The fourth-order valence-corrected chi connectivity index (χ4v) is 3.28. The molecule has 0 amide bonds. The van der Waals surface area contributed by atoms with Gasteiger partial charge >= 0.3 is 5.97 Å². The molecule has 0 aliphatic carbocycles. The summed E-state index contributed by atoms with van der Waals surface area (Å²) in [6.45, 7) is 11.0. The van der Waals surface area contributed by atoms with Crippen molar-refractivity contribution in [3.05, 3.63) is 59.7 Å². The van der Waals surface area contributed by atoms with Crippen molar-refractivity contribution in [3.63, 3.8) is 0 Å². The Morgan fingerprint density at radius 3 is 1.97 bits per heavy atom. The van der Waals surface area contributed by atoms with Gasteiger partial charge in [0.1, 0.15) is 11.5 Å². The molecule has 0 spiro atoms. The fraction of sp³-hybridized carbons (Fsp3) is 0.480. The summed E-state index contributed by atoms with van der Waals surface area (Å²) in [5, 5.41) is 0. The SMILES string of the molecule is CCOOC(=O)CCC(C)(c1ccc(OCC)cc1)c1ccc(OC(C)CC)cc1. The number of hydrogen-bond donors (Lipinski definition) is 0. The van der Waals surface area contributed by atoms with Gasteiger partial charge in [0.2, 0.25) is 0 Å². The van der Waals surface area contributed by atoms with Gasteiger partial charge in [-0.1, -0.05) is 38.1 Å². The largest absolute Gasteiger partial charge is 0.494 e. The summed E-state index contributed by atoms with van der Waals surface area (Å²) < 4.78 is 11.5. The second-order valence-electron chi connectivity index (χ2n) is 7.51. The van der Waals surface area contributed by atoms with Gasteiger partial charge in [-0.15, -0.1) is 0 Å². The highest BCUT2D eigenvalue weighted by Crippen LogP contribution is 2.38. The molecule has 0 bridgehead atoms. The molecular weight excluding hydrogens is 380 g/mol. The average molecular weight is 415 g/mol. The van der Waals surface area contributed by atoms with Crippen molar-refractivity contribution in [1.29, 1.82) is 0 Å². The minimum absolute atomic E-state index is 0.168. The van der Waals surface area contributed by atoms with Gasteiger partial charge in [0.15, 0.2) is 0 Å². The van der Waals surface area contributed by atoms with Gasteiger partial charge in [-0.05, 0) is 69.0 Å². The Kier molecular flexibility index (Phi) is 9.18. The van der Waals surface area contributed by atoms with Crippen LogP contribution in [0.25, 0.3) is 0 Å². The van der Waals surface area contributed by atoms with Gasteiger partial charge in [-0.25, -0.2) is 4.79 Å². The predicted molar refractivity (Wildman–Crippen MR) is 118 cm³/mol. The van der Waals surface area contributed by atoms with Crippen LogP contribution >= 0.6 is 0 Å². The molecule has 0 N–H and O–H groups in total. The van der Waals surface area contributed by atoms with Gasteiger partial charge in [0.05, 0.1) is 19.3 Å². The van der Waals surface area contributed by atoms with Gasteiger partial charge < -0.3 is 9.47 Å². The van der Waals surface area contributed by atoms with Crippen molar-refractivity contribution in [3.8, 4) is 11.5 Å². The van der Waals surface area contributed by atoms with E-state index in [0.29, 0.717) is 19.6 Å². The molecule has 164 valence electrons. The van der Waals surface area contributed by atoms with Crippen molar-refractivity contribution in [2.45, 2.75) is 65.4 Å². The van der Waals surface area contributed by atoms with Crippen LogP contribution in [0.3, 0.4) is 0 Å². The lowest BCUT2D eigenvalue weighted by atomic mass is 9.73. The van der Waals surface area contributed by atoms with Crippen LogP contribution in [0, 0.1) is 0 Å². The Morgan fingerprint density at radius 1 is 0.900 bits per heavy atom. The zero-order valence-electron chi connectivity index (χ0n) is 18.8. The van der Waals surface area contributed by atoms with Crippen LogP contribution < -0.4 is 9.47 Å². The minimum Gasteiger partial charge on any atom is -0.494 e. The summed E-state index contributed by atoms with van der Waals surface area (Å²) in [5.74, 6) is 1.31. The number of ether oxygens (including phenoxy) is 2. The summed E-state index contributed by atoms with van der Waals surface area (Å²) in [6, 6.07) is 16.2. The molecule has 0 saturated carbocycles. The van der Waals surface area contributed by atoms with E-state index >= 15 is 0 Å². The standard InChI is InChI=1S/C25H34O5/c1-6-19(4)29-23-15-11-21(12-16-23)25(5,18-17-24(26)30-28-8-3)20-9-13-22(14-10-20)27-7-2/h9-16,19H,6-8,17-18H2,1-5H3. The van der Waals surface area contributed by atoms with Crippen LogP contribution in [0.5, 0.6) is 11.5 Å². The zero-order chi connectivity index (χ0) is 22.0. The average Bonchev–Trinajstić information content (AvgIpc) is 2.77. The van der Waals surface area contributed by atoms with Crippen LogP contribution in [-0.4, -0.2) is 25.3 Å². The van der Waals surface area contributed by atoms with Crippen molar-refractivity contribution in [1.82, 2.24) is 0 Å². The third-order valence-corrected chi connectivity index (χ3v) is 5.30. The van der Waals surface area contributed by atoms with E-state index in [1.165, 1.54) is 0 Å². The summed E-state index contributed by atoms with van der Waals surface area (Å²) in [5.41, 5.74) is 1.82. The van der Waals surface area contributed by atoms with E-state index in [-0.39, 0.29) is 23.9 Å². The maximum absolute atomic E-state index is 12.1. The first-order valence-corrected chi connectivity index (χ1v) is 10.8. The molecule has 0 radical (unpaired) electrons. The Labute approximate surface area is 180 Å². The molecule has 2 aromatic carbocycles. The number of carbonyl (C=O) groups excluding carboxylic acids is 1. The zero-order valence-corrected chi connectivity index (χ0v) is 18.8. The molecule has 5 nitrogen and oxygen atoms in total. The van der Waals surface area contributed by atoms with E-state index in [1.807, 2.05) is 31.2 Å². The molecule has 0 aliphatic rings. The monoisotopic (exact) mass is 414 g/mol. The van der Waals surface area contributed by atoms with E-state index < -0.39 is 0 Å². The van der Waals surface area contributed by atoms with Crippen LogP contribution in [0.1, 0.15) is 65.0 Å². The lowest BCUT2D eigenvalue weighted by molar-refractivity contribution is -0.269. The summed E-state index contributed by atoms with van der Waals surface area (Å²) in [4.78, 5) is 21.7. The quantitative estimate of drug-likeness (QED) is 0.322. The molecule has 0 fully saturated rings. The topological polar surface area (TPSA) is 54.0 Å². The summed E-state index contributed by atoms with van der Waals surface area (Å²) in [6.07, 6.45) is 1.95. The molecular formula is C25H34O5. The van der Waals surface area contributed by atoms with Gasteiger partial charge in [0.25, 0.3) is 0 Å². The van der Waals surface area contributed by atoms with Crippen LogP contribution in [0.15, 0.2) is 48.5 Å². The molecule has 0 heterocycles. The van der Waals surface area contributed by atoms with E-state index in [4.69, 9.17) is 19.2 Å². The number of carbonyl (C=O) groups is 1. The van der Waals surface area contributed by atoms with Crippen LogP contribution in [-0.2, 0) is 20.0 Å². The minimum atomic E-state index is -0.384. The highest BCUT2D eigenvalue weighted by atomic mass is 17.2. The first kappa shape index (κ1) is 23.7. The Bertz CT molecular complexity index is 769. The molecule has 5 heteroatoms. The maximum atomic E-state index is 12.1. The highest BCUT2D eigenvalue weighted by molar-refractivity contribution is 5.69. The first-order valence-electron chi connectivity index (χ1n) is 10.8. The van der Waals surface area contributed by atoms with Crippen molar-refractivity contribution in [2.75, 3.05) is 13.2 Å². The van der Waals surface area contributed by atoms with Crippen molar-refractivity contribution >= 4 is 5.97 Å². The lowest BCUT2D eigenvalue weighted by Crippen LogP contribution is -2.25. The second kappa shape index (κ2) is 11.6. The highest BCUT2D eigenvalue weighted by Gasteiger charge is 2.30. The first-order chi connectivity index (χ1) is 14.4. The lowest BCUT2D eigenvalue weighted by Gasteiger charge is -2.31. The van der Waals surface area contributed by atoms with Gasteiger partial charge in [-0.3, -0.25) is 4.89 Å². The molecule has 2 atom stereocenters. The Balaban J connectivity index is 2.29. The van der Waals surface area contributed by atoms with Crippen LogP contribution in [0.2, 0.25) is 0 Å². The molecule has 30 heavy (non-hydrogen) atoms. The molecule has 0 aliphatic heterocycles. The van der Waals surface area contributed by atoms with Gasteiger partial charge in [-0.2, -0.15) is 4.89 Å².